The molecule has 20 heavy (non-hydrogen) atoms. The van der Waals surface area contributed by atoms with Crippen molar-refractivity contribution in [2.45, 2.75) is 0 Å². The number of thiophene rings is 2. The Morgan fingerprint density at radius 3 is 2.60 bits per heavy atom. The van der Waals surface area contributed by atoms with Gasteiger partial charge >= 0.3 is 0 Å². The Bertz CT molecular complexity index is 770. The van der Waals surface area contributed by atoms with Gasteiger partial charge in [0, 0.05) is 10.1 Å². The van der Waals surface area contributed by atoms with Crippen LogP contribution in [-0.4, -0.2) is 20.0 Å². The number of fused-ring (bicyclic) bond motifs is 1. The quantitative estimate of drug-likeness (QED) is 0.677. The van der Waals surface area contributed by atoms with E-state index in [0.717, 1.165) is 10.1 Å². The number of carbonyl (C=O) groups is 1. The highest BCUT2D eigenvalue weighted by Crippen LogP contribution is 2.40. The van der Waals surface area contributed by atoms with Crippen LogP contribution < -0.4 is 9.47 Å². The van der Waals surface area contributed by atoms with E-state index in [9.17, 15) is 4.79 Å². The van der Waals surface area contributed by atoms with Crippen LogP contribution in [0.1, 0.15) is 14.5 Å². The minimum absolute atomic E-state index is 0.0464. The summed E-state index contributed by atoms with van der Waals surface area (Å²) in [6, 6.07) is 9.66. The zero-order valence-corrected chi connectivity index (χ0v) is 12.6. The third kappa shape index (κ3) is 1.99. The van der Waals surface area contributed by atoms with Crippen LogP contribution in [0.5, 0.6) is 11.5 Å². The van der Waals surface area contributed by atoms with Crippen molar-refractivity contribution in [2.75, 3.05) is 14.2 Å². The minimum atomic E-state index is -0.0464. The van der Waals surface area contributed by atoms with Gasteiger partial charge in [0.15, 0.2) is 0 Å². The second kappa shape index (κ2) is 5.26. The minimum Gasteiger partial charge on any atom is -0.495 e. The number of hydrogen-bond acceptors (Lipinski definition) is 5. The van der Waals surface area contributed by atoms with E-state index in [2.05, 4.69) is 0 Å². The summed E-state index contributed by atoms with van der Waals surface area (Å²) in [6.45, 7) is 0. The Labute approximate surface area is 124 Å². The molecule has 2 heterocycles. The van der Waals surface area contributed by atoms with Gasteiger partial charge in [-0.1, -0.05) is 12.1 Å². The zero-order valence-electron chi connectivity index (χ0n) is 11.0. The van der Waals surface area contributed by atoms with Crippen LogP contribution in [0.15, 0.2) is 35.7 Å². The molecule has 0 aliphatic heterocycles. The summed E-state index contributed by atoms with van der Waals surface area (Å²) in [6.07, 6.45) is 0. The molecular weight excluding hydrogens is 292 g/mol. The maximum Gasteiger partial charge on any atom is 0.220 e. The SMILES string of the molecule is COc1ccsc1C(=O)c1sc2ccccc2c1OC. The molecular formula is C15H12O3S2. The second-order valence-corrected chi connectivity index (χ2v) is 6.08. The monoisotopic (exact) mass is 304 g/mol. The molecule has 0 spiro atoms. The van der Waals surface area contributed by atoms with Crippen LogP contribution in [0.4, 0.5) is 0 Å². The zero-order chi connectivity index (χ0) is 14.1. The molecule has 0 fully saturated rings. The van der Waals surface area contributed by atoms with E-state index >= 15 is 0 Å². The van der Waals surface area contributed by atoms with Crippen molar-refractivity contribution in [3.8, 4) is 11.5 Å². The van der Waals surface area contributed by atoms with Crippen LogP contribution in [0.25, 0.3) is 10.1 Å². The Morgan fingerprint density at radius 2 is 1.85 bits per heavy atom. The summed E-state index contributed by atoms with van der Waals surface area (Å²) in [5.41, 5.74) is 0. The first-order valence-corrected chi connectivity index (χ1v) is 7.67. The molecule has 0 saturated heterocycles. The average Bonchev–Trinajstić information content (AvgIpc) is 3.10. The van der Waals surface area contributed by atoms with Crippen molar-refractivity contribution >= 4 is 38.5 Å². The van der Waals surface area contributed by atoms with Gasteiger partial charge in [0.05, 0.1) is 14.2 Å². The van der Waals surface area contributed by atoms with Crippen molar-refractivity contribution in [2.24, 2.45) is 0 Å². The van der Waals surface area contributed by atoms with E-state index in [-0.39, 0.29) is 5.78 Å². The number of rotatable bonds is 4. The molecule has 0 N–H and O–H groups in total. The van der Waals surface area contributed by atoms with E-state index in [0.29, 0.717) is 21.3 Å². The molecule has 0 unspecified atom stereocenters. The third-order valence-corrected chi connectivity index (χ3v) is 5.06. The van der Waals surface area contributed by atoms with Gasteiger partial charge in [0.2, 0.25) is 5.78 Å². The van der Waals surface area contributed by atoms with Crippen LogP contribution in [0, 0.1) is 0 Å². The fraction of sp³-hybridized carbons (Fsp3) is 0.133. The number of benzene rings is 1. The Hall–Kier alpha value is -1.85. The largest absolute Gasteiger partial charge is 0.495 e. The maximum atomic E-state index is 12.7. The standard InChI is InChI=1S/C15H12O3S2/c1-17-10-7-8-19-14(10)12(16)15-13(18-2)9-5-3-4-6-11(9)20-15/h3-8H,1-2H3. The van der Waals surface area contributed by atoms with Gasteiger partial charge in [-0.15, -0.1) is 22.7 Å². The van der Waals surface area contributed by atoms with E-state index in [1.54, 1.807) is 20.3 Å². The van der Waals surface area contributed by atoms with Crippen molar-refractivity contribution in [1.82, 2.24) is 0 Å². The van der Waals surface area contributed by atoms with Crippen LogP contribution in [-0.2, 0) is 0 Å². The number of ketones is 1. The molecule has 0 aliphatic rings. The molecule has 0 aliphatic carbocycles. The molecule has 0 bridgehead atoms. The van der Waals surface area contributed by atoms with E-state index in [1.807, 2.05) is 29.6 Å². The number of methoxy groups -OCH3 is 2. The maximum absolute atomic E-state index is 12.7. The van der Waals surface area contributed by atoms with Gasteiger partial charge in [-0.2, -0.15) is 0 Å². The first kappa shape index (κ1) is 13.1. The van der Waals surface area contributed by atoms with Gasteiger partial charge in [-0.05, 0) is 23.6 Å². The summed E-state index contributed by atoms with van der Waals surface area (Å²) < 4.78 is 11.7. The molecule has 0 amide bonds. The summed E-state index contributed by atoms with van der Waals surface area (Å²) in [5, 5.41) is 2.82. The van der Waals surface area contributed by atoms with Crippen molar-refractivity contribution in [1.29, 1.82) is 0 Å². The first-order valence-electron chi connectivity index (χ1n) is 5.98. The third-order valence-electron chi connectivity index (χ3n) is 3.02. The molecule has 2 aromatic heterocycles. The van der Waals surface area contributed by atoms with Gasteiger partial charge in [0.1, 0.15) is 21.3 Å². The Balaban J connectivity index is 2.17. The second-order valence-electron chi connectivity index (χ2n) is 4.11. The fourth-order valence-corrected chi connectivity index (χ4v) is 4.09. The number of ether oxygens (including phenoxy) is 2. The first-order chi connectivity index (χ1) is 9.76. The molecule has 0 radical (unpaired) electrons. The van der Waals surface area contributed by atoms with Crippen LogP contribution in [0.2, 0.25) is 0 Å². The van der Waals surface area contributed by atoms with E-state index in [4.69, 9.17) is 9.47 Å². The predicted molar refractivity (Wildman–Crippen MR) is 82.7 cm³/mol. The average molecular weight is 304 g/mol. The van der Waals surface area contributed by atoms with E-state index < -0.39 is 0 Å². The highest BCUT2D eigenvalue weighted by Gasteiger charge is 2.23. The predicted octanol–water partition coefficient (Wildman–Crippen LogP) is 4.21. The molecule has 0 atom stereocenters. The molecule has 0 saturated carbocycles. The van der Waals surface area contributed by atoms with Crippen molar-refractivity contribution in [3.63, 3.8) is 0 Å². The summed E-state index contributed by atoms with van der Waals surface area (Å²) in [7, 11) is 3.16. The van der Waals surface area contributed by atoms with Crippen LogP contribution in [0.3, 0.4) is 0 Å². The van der Waals surface area contributed by atoms with E-state index in [1.165, 1.54) is 22.7 Å². The lowest BCUT2D eigenvalue weighted by molar-refractivity contribution is 0.104. The molecule has 102 valence electrons. The number of hydrogen-bond donors (Lipinski definition) is 0. The normalized spacial score (nSPS) is 10.7. The van der Waals surface area contributed by atoms with Crippen molar-refractivity contribution in [3.05, 3.63) is 45.5 Å². The topological polar surface area (TPSA) is 35.5 Å². The Morgan fingerprint density at radius 1 is 1.05 bits per heavy atom. The van der Waals surface area contributed by atoms with Gasteiger partial charge in [0.25, 0.3) is 0 Å². The summed E-state index contributed by atoms with van der Waals surface area (Å²) >= 11 is 2.83. The lowest BCUT2D eigenvalue weighted by Gasteiger charge is -2.03. The molecule has 5 heteroatoms. The van der Waals surface area contributed by atoms with Gasteiger partial charge in [-0.25, -0.2) is 0 Å². The van der Waals surface area contributed by atoms with Gasteiger partial charge < -0.3 is 9.47 Å². The summed E-state index contributed by atoms with van der Waals surface area (Å²) in [5.74, 6) is 1.21. The highest BCUT2D eigenvalue weighted by molar-refractivity contribution is 7.22. The van der Waals surface area contributed by atoms with Crippen molar-refractivity contribution < 1.29 is 14.3 Å². The highest BCUT2D eigenvalue weighted by atomic mass is 32.1. The lowest BCUT2D eigenvalue weighted by atomic mass is 10.2. The Kier molecular flexibility index (Phi) is 3.46. The smallest absolute Gasteiger partial charge is 0.220 e. The summed E-state index contributed by atoms with van der Waals surface area (Å²) in [4.78, 5) is 13.9. The molecule has 3 aromatic rings. The molecule has 1 aromatic carbocycles. The fourth-order valence-electron chi connectivity index (χ4n) is 2.10. The van der Waals surface area contributed by atoms with Crippen LogP contribution >= 0.6 is 22.7 Å². The lowest BCUT2D eigenvalue weighted by Crippen LogP contribution is -2.00. The molecule has 3 nitrogen and oxygen atoms in total. The van der Waals surface area contributed by atoms with Gasteiger partial charge in [-0.3, -0.25) is 4.79 Å². The number of carbonyl (C=O) groups excluding carboxylic acids is 1. The molecule has 3 rings (SSSR count).